The molecule has 1 aromatic heterocycles. The molecular weight excluding hydrogens is 524 g/mol. The number of nitrogens with zero attached hydrogens (tertiary/aromatic N) is 4. The smallest absolute Gasteiger partial charge is 0.322 e. The monoisotopic (exact) mass is 556 g/mol. The highest BCUT2D eigenvalue weighted by Crippen LogP contribution is 2.29. The van der Waals surface area contributed by atoms with Gasteiger partial charge in [0.25, 0.3) is 0 Å². The van der Waals surface area contributed by atoms with Gasteiger partial charge in [0.1, 0.15) is 0 Å². The number of allylic oxidation sites excluding steroid dienone is 2. The predicted molar refractivity (Wildman–Crippen MR) is 157 cm³/mol. The van der Waals surface area contributed by atoms with Gasteiger partial charge in [-0.25, -0.2) is 4.79 Å². The van der Waals surface area contributed by atoms with E-state index in [1.807, 2.05) is 67.6 Å². The summed E-state index contributed by atoms with van der Waals surface area (Å²) in [6, 6.07) is 22.9. The number of aliphatic hydroxyl groups excluding tert-OH is 1. The zero-order chi connectivity index (χ0) is 27.9. The summed E-state index contributed by atoms with van der Waals surface area (Å²) in [5.41, 5.74) is 6.03. The highest BCUT2D eigenvalue weighted by Gasteiger charge is 2.20. The van der Waals surface area contributed by atoms with Gasteiger partial charge in [-0.15, -0.1) is 10.2 Å². The normalized spacial score (nSPS) is 14.7. The number of rotatable bonds is 9. The van der Waals surface area contributed by atoms with E-state index in [4.69, 9.17) is 11.6 Å². The summed E-state index contributed by atoms with van der Waals surface area (Å²) in [7, 11) is 0. The van der Waals surface area contributed by atoms with Crippen LogP contribution < -0.4 is 10.2 Å². The third kappa shape index (κ3) is 6.94. The molecule has 8 nitrogen and oxygen atoms in total. The van der Waals surface area contributed by atoms with Crippen LogP contribution in [0, 0.1) is 0 Å². The third-order valence-corrected chi connectivity index (χ3v) is 7.52. The summed E-state index contributed by atoms with van der Waals surface area (Å²) in [5.74, 6) is 0.446. The molecule has 0 aliphatic heterocycles. The van der Waals surface area contributed by atoms with Crippen LogP contribution in [0.4, 0.5) is 10.5 Å². The van der Waals surface area contributed by atoms with Crippen LogP contribution in [-0.4, -0.2) is 31.8 Å². The molecule has 0 saturated carbocycles. The van der Waals surface area contributed by atoms with Crippen molar-refractivity contribution in [2.45, 2.75) is 57.7 Å². The van der Waals surface area contributed by atoms with Crippen LogP contribution in [0.2, 0.25) is 5.02 Å². The maximum atomic E-state index is 13.7. The Bertz CT molecular complexity index is 1420. The van der Waals surface area contributed by atoms with Crippen molar-refractivity contribution in [2.75, 3.05) is 4.90 Å². The van der Waals surface area contributed by atoms with Gasteiger partial charge >= 0.3 is 6.03 Å². The van der Waals surface area contributed by atoms with E-state index >= 15 is 0 Å². The standard InChI is InChI=1S/C31H33ClN6O2/c1-21(23-11-15-27(32)16-12-23)33-31(40)38(28-17-13-25(14-18-28)24-5-3-2-4-6-24)20-22-7-9-26(10-8-22)29(39)19-30-34-36-37-35-30/h5,7-18,21,29,39H,2-4,6,19-20H2,1H3,(H,33,40)(H,34,35,36,37)/t21-,29-/m1/s1. The second-order valence-corrected chi connectivity index (χ2v) is 10.6. The summed E-state index contributed by atoms with van der Waals surface area (Å²) >= 11 is 6.05. The number of hydrogen-bond donors (Lipinski definition) is 3. The Morgan fingerprint density at radius 2 is 1.75 bits per heavy atom. The lowest BCUT2D eigenvalue weighted by atomic mass is 9.93. The van der Waals surface area contributed by atoms with Gasteiger partial charge in [0, 0.05) is 17.1 Å². The van der Waals surface area contributed by atoms with E-state index in [1.165, 1.54) is 24.0 Å². The van der Waals surface area contributed by atoms with E-state index in [-0.39, 0.29) is 18.5 Å². The zero-order valence-corrected chi connectivity index (χ0v) is 23.2. The predicted octanol–water partition coefficient (Wildman–Crippen LogP) is 6.56. The lowest BCUT2D eigenvalue weighted by molar-refractivity contribution is 0.176. The van der Waals surface area contributed by atoms with E-state index in [0.29, 0.717) is 17.4 Å². The molecule has 0 saturated heterocycles. The number of aliphatic hydroxyl groups is 1. The lowest BCUT2D eigenvalue weighted by Crippen LogP contribution is -2.40. The maximum absolute atomic E-state index is 13.7. The van der Waals surface area contributed by atoms with Gasteiger partial charge in [0.15, 0.2) is 5.82 Å². The fourth-order valence-electron chi connectivity index (χ4n) is 4.92. The Labute approximate surface area is 239 Å². The van der Waals surface area contributed by atoms with Gasteiger partial charge in [0.2, 0.25) is 0 Å². The van der Waals surface area contributed by atoms with Crippen molar-refractivity contribution >= 4 is 28.9 Å². The van der Waals surface area contributed by atoms with Crippen LogP contribution in [0.3, 0.4) is 0 Å². The Morgan fingerprint density at radius 3 is 2.40 bits per heavy atom. The first-order valence-corrected chi connectivity index (χ1v) is 14.0. The van der Waals surface area contributed by atoms with Crippen LogP contribution in [0.15, 0.2) is 78.9 Å². The van der Waals surface area contributed by atoms with Crippen LogP contribution in [0.5, 0.6) is 0 Å². The van der Waals surface area contributed by atoms with Crippen molar-refractivity contribution in [3.63, 3.8) is 0 Å². The average Bonchev–Trinajstić information content (AvgIpc) is 3.50. The van der Waals surface area contributed by atoms with E-state index in [0.717, 1.165) is 35.2 Å². The maximum Gasteiger partial charge on any atom is 0.322 e. The molecule has 2 atom stereocenters. The molecule has 2 amide bonds. The molecule has 206 valence electrons. The second-order valence-electron chi connectivity index (χ2n) is 10.1. The molecule has 0 radical (unpaired) electrons. The molecule has 0 unspecified atom stereocenters. The molecule has 9 heteroatoms. The molecule has 1 aliphatic carbocycles. The summed E-state index contributed by atoms with van der Waals surface area (Å²) < 4.78 is 0. The minimum absolute atomic E-state index is 0.201. The number of hydrogen-bond acceptors (Lipinski definition) is 5. The van der Waals surface area contributed by atoms with Gasteiger partial charge in [-0.1, -0.05) is 71.4 Å². The third-order valence-electron chi connectivity index (χ3n) is 7.27. The summed E-state index contributed by atoms with van der Waals surface area (Å²) in [6.07, 6.45) is 6.49. The van der Waals surface area contributed by atoms with Crippen molar-refractivity contribution in [3.05, 3.63) is 112 Å². The topological polar surface area (TPSA) is 107 Å². The van der Waals surface area contributed by atoms with Crippen molar-refractivity contribution in [1.82, 2.24) is 25.9 Å². The summed E-state index contributed by atoms with van der Waals surface area (Å²) in [5, 5.41) is 28.1. The minimum Gasteiger partial charge on any atom is -0.388 e. The van der Waals surface area contributed by atoms with E-state index < -0.39 is 6.10 Å². The largest absolute Gasteiger partial charge is 0.388 e. The Balaban J connectivity index is 1.35. The number of aromatic nitrogens is 4. The van der Waals surface area contributed by atoms with Crippen molar-refractivity contribution in [2.24, 2.45) is 0 Å². The first-order chi connectivity index (χ1) is 19.5. The fraction of sp³-hybridized carbons (Fsp3) is 0.290. The number of anilines is 1. The summed E-state index contributed by atoms with van der Waals surface area (Å²) in [4.78, 5) is 15.4. The fourth-order valence-corrected chi connectivity index (χ4v) is 5.05. The highest BCUT2D eigenvalue weighted by molar-refractivity contribution is 6.30. The number of H-pyrrole nitrogens is 1. The number of carbonyl (C=O) groups excluding carboxylic acids is 1. The van der Waals surface area contributed by atoms with E-state index in [9.17, 15) is 9.90 Å². The number of benzene rings is 3. The van der Waals surface area contributed by atoms with Gasteiger partial charge in [-0.3, -0.25) is 4.90 Å². The molecule has 3 N–H and O–H groups in total. The van der Waals surface area contributed by atoms with Crippen molar-refractivity contribution < 1.29 is 9.90 Å². The molecular formula is C31H33ClN6O2. The van der Waals surface area contributed by atoms with Crippen LogP contribution >= 0.6 is 11.6 Å². The molecule has 0 fully saturated rings. The minimum atomic E-state index is -0.757. The number of urea groups is 1. The SMILES string of the molecule is C[C@@H](NC(=O)N(Cc1ccc([C@H](O)Cc2nn[nH]n2)cc1)c1ccc(C2=CCCCC2)cc1)c1ccc(Cl)cc1. The first kappa shape index (κ1) is 27.6. The van der Waals surface area contributed by atoms with E-state index in [2.05, 4.69) is 44.1 Å². The number of carbonyl (C=O) groups is 1. The van der Waals surface area contributed by atoms with Crippen LogP contribution in [0.25, 0.3) is 5.57 Å². The molecule has 3 aromatic carbocycles. The average molecular weight is 557 g/mol. The van der Waals surface area contributed by atoms with Gasteiger partial charge in [-0.2, -0.15) is 5.21 Å². The number of halogens is 1. The molecule has 4 aromatic rings. The molecule has 0 spiro atoms. The molecule has 1 heterocycles. The van der Waals surface area contributed by atoms with Gasteiger partial charge < -0.3 is 10.4 Å². The lowest BCUT2D eigenvalue weighted by Gasteiger charge is -2.26. The van der Waals surface area contributed by atoms with Gasteiger partial charge in [0.05, 0.1) is 18.7 Å². The molecule has 0 bridgehead atoms. The van der Waals surface area contributed by atoms with E-state index in [1.54, 1.807) is 4.90 Å². The molecule has 40 heavy (non-hydrogen) atoms. The Hall–Kier alpha value is -4.01. The van der Waals surface area contributed by atoms with Crippen LogP contribution in [0.1, 0.15) is 72.8 Å². The Morgan fingerprint density at radius 1 is 1.02 bits per heavy atom. The number of nitrogens with one attached hydrogen (secondary N) is 2. The number of tetrazole rings is 1. The van der Waals surface area contributed by atoms with Crippen molar-refractivity contribution in [3.8, 4) is 0 Å². The van der Waals surface area contributed by atoms with Gasteiger partial charge in [-0.05, 0) is 84.7 Å². The van der Waals surface area contributed by atoms with Crippen LogP contribution in [-0.2, 0) is 13.0 Å². The number of aromatic amines is 1. The highest BCUT2D eigenvalue weighted by atomic mass is 35.5. The second kappa shape index (κ2) is 12.9. The summed E-state index contributed by atoms with van der Waals surface area (Å²) in [6.45, 7) is 2.32. The molecule has 1 aliphatic rings. The first-order valence-electron chi connectivity index (χ1n) is 13.6. The molecule has 5 rings (SSSR count). The van der Waals surface area contributed by atoms with Crippen molar-refractivity contribution in [1.29, 1.82) is 0 Å². The quantitative estimate of drug-likeness (QED) is 0.216. The Kier molecular flexibility index (Phi) is 8.88. The zero-order valence-electron chi connectivity index (χ0n) is 22.4. The number of amides is 2.